The predicted molar refractivity (Wildman–Crippen MR) is 111 cm³/mol. The average molecular weight is 419 g/mol. The number of rotatable bonds is 8. The minimum atomic E-state index is -0.620. The van der Waals surface area contributed by atoms with Crippen LogP contribution in [0.15, 0.2) is 17.8 Å². The molecule has 29 heavy (non-hydrogen) atoms. The second-order valence-corrected chi connectivity index (χ2v) is 8.90. The highest BCUT2D eigenvalue weighted by molar-refractivity contribution is 7.16. The number of nitrogens with one attached hydrogen (secondary N) is 3. The molecule has 1 saturated carbocycles. The number of urea groups is 1. The molecule has 0 atom stereocenters. The van der Waals surface area contributed by atoms with Crippen molar-refractivity contribution in [1.82, 2.24) is 20.6 Å². The highest BCUT2D eigenvalue weighted by Gasteiger charge is 2.49. The van der Waals surface area contributed by atoms with Gasteiger partial charge in [-0.2, -0.15) is 0 Å². The molecule has 1 aliphatic carbocycles. The van der Waals surface area contributed by atoms with Crippen LogP contribution in [0.25, 0.3) is 10.2 Å². The fourth-order valence-electron chi connectivity index (χ4n) is 4.14. The number of fused-ring (bicyclic) bond motifs is 4. The Morgan fingerprint density at radius 3 is 2.72 bits per heavy atom. The largest absolute Gasteiger partial charge is 0.373 e. The monoisotopic (exact) mass is 418 g/mol. The summed E-state index contributed by atoms with van der Waals surface area (Å²) >= 11 is 1.61. The number of nitrogens with two attached hydrogens (primary N) is 1. The number of anilines is 1. The molecule has 9 nitrogen and oxygen atoms in total. The Balaban J connectivity index is 1.26. The van der Waals surface area contributed by atoms with Crippen LogP contribution in [0.3, 0.4) is 0 Å². The van der Waals surface area contributed by atoms with Crippen LogP contribution in [-0.2, 0) is 9.53 Å². The summed E-state index contributed by atoms with van der Waals surface area (Å²) in [6, 6.07) is 1.43. The number of thiophene rings is 1. The van der Waals surface area contributed by atoms with E-state index in [0.29, 0.717) is 13.2 Å². The number of carbonyl (C=O) groups excluding carboxylic acids is 2. The van der Waals surface area contributed by atoms with E-state index in [2.05, 4.69) is 25.9 Å². The molecule has 5 rings (SSSR count). The van der Waals surface area contributed by atoms with Crippen molar-refractivity contribution in [3.8, 4) is 0 Å². The maximum Gasteiger partial charge on any atom is 0.312 e. The van der Waals surface area contributed by atoms with Gasteiger partial charge < -0.3 is 26.4 Å². The van der Waals surface area contributed by atoms with Gasteiger partial charge in [0.1, 0.15) is 17.0 Å². The van der Waals surface area contributed by atoms with E-state index in [1.165, 1.54) is 0 Å². The first kappa shape index (κ1) is 19.8. The fraction of sp³-hybridized carbons (Fsp3) is 0.579. The molecule has 2 aromatic rings. The Labute approximate surface area is 172 Å². The van der Waals surface area contributed by atoms with E-state index in [1.54, 1.807) is 17.7 Å². The van der Waals surface area contributed by atoms with E-state index in [0.717, 1.165) is 48.3 Å². The maximum atomic E-state index is 12.0. The second-order valence-electron chi connectivity index (χ2n) is 8.00. The molecule has 2 aromatic heterocycles. The Kier molecular flexibility index (Phi) is 5.55. The van der Waals surface area contributed by atoms with Gasteiger partial charge in [-0.05, 0) is 37.1 Å². The van der Waals surface area contributed by atoms with E-state index in [-0.39, 0.29) is 29.9 Å². The number of nitrogens with zero attached hydrogens (tertiary/aromatic N) is 2. The van der Waals surface area contributed by atoms with Gasteiger partial charge in [-0.1, -0.05) is 0 Å². The van der Waals surface area contributed by atoms with Crippen molar-refractivity contribution in [2.24, 2.45) is 11.1 Å². The van der Waals surface area contributed by atoms with Crippen LogP contribution in [0.4, 0.5) is 10.6 Å². The predicted octanol–water partition coefficient (Wildman–Crippen LogP) is 1.61. The SMILES string of the molecule is NC(=O)NCCC(=O)NCC12CCC(CNc3ncnc4sccc34)(CC1)CO2. The number of primary amides is 1. The first-order chi connectivity index (χ1) is 14.0. The van der Waals surface area contributed by atoms with Gasteiger partial charge in [-0.25, -0.2) is 14.8 Å². The normalized spacial score (nSPS) is 25.7. The topological polar surface area (TPSA) is 131 Å². The lowest BCUT2D eigenvalue weighted by atomic mass is 9.66. The molecule has 0 unspecified atom stereocenters. The maximum absolute atomic E-state index is 12.0. The van der Waals surface area contributed by atoms with Crippen LogP contribution >= 0.6 is 11.3 Å². The van der Waals surface area contributed by atoms with Crippen molar-refractivity contribution in [3.63, 3.8) is 0 Å². The van der Waals surface area contributed by atoms with Gasteiger partial charge in [0.2, 0.25) is 5.91 Å². The van der Waals surface area contributed by atoms with E-state index < -0.39 is 6.03 Å². The fourth-order valence-corrected chi connectivity index (χ4v) is 4.87. The Hall–Kier alpha value is -2.46. The Morgan fingerprint density at radius 2 is 2.00 bits per heavy atom. The van der Waals surface area contributed by atoms with Crippen molar-refractivity contribution >= 4 is 39.3 Å². The summed E-state index contributed by atoms with van der Waals surface area (Å²) in [6.45, 7) is 2.24. The van der Waals surface area contributed by atoms with Crippen molar-refractivity contribution in [2.75, 3.05) is 31.6 Å². The summed E-state index contributed by atoms with van der Waals surface area (Å²) in [5.74, 6) is 0.772. The summed E-state index contributed by atoms with van der Waals surface area (Å²) < 4.78 is 6.25. The first-order valence-electron chi connectivity index (χ1n) is 9.85. The molecular formula is C19H26N6O3S. The molecule has 156 valence electrons. The molecule has 0 radical (unpaired) electrons. The zero-order chi connectivity index (χ0) is 20.3. The number of aromatic nitrogens is 2. The van der Waals surface area contributed by atoms with E-state index in [4.69, 9.17) is 10.5 Å². The summed E-state index contributed by atoms with van der Waals surface area (Å²) in [4.78, 5) is 32.3. The van der Waals surface area contributed by atoms with Crippen LogP contribution in [-0.4, -0.2) is 53.7 Å². The minimum absolute atomic E-state index is 0.102. The van der Waals surface area contributed by atoms with E-state index in [1.807, 2.05) is 11.4 Å². The number of hydrogen-bond acceptors (Lipinski definition) is 7. The lowest BCUT2D eigenvalue weighted by Gasteiger charge is -2.53. The van der Waals surface area contributed by atoms with Gasteiger partial charge in [0, 0.05) is 31.5 Å². The number of hydrogen-bond donors (Lipinski definition) is 4. The Morgan fingerprint density at radius 1 is 1.17 bits per heavy atom. The summed E-state index contributed by atoms with van der Waals surface area (Å²) in [6.07, 6.45) is 5.76. The zero-order valence-electron chi connectivity index (χ0n) is 16.2. The van der Waals surface area contributed by atoms with Gasteiger partial charge in [-0.15, -0.1) is 11.3 Å². The molecular weight excluding hydrogens is 392 g/mol. The highest BCUT2D eigenvalue weighted by atomic mass is 32.1. The molecule has 4 heterocycles. The lowest BCUT2D eigenvalue weighted by Crippen LogP contribution is -2.57. The smallest absolute Gasteiger partial charge is 0.312 e. The minimum Gasteiger partial charge on any atom is -0.373 e. The third-order valence-corrected chi connectivity index (χ3v) is 6.88. The molecule has 2 bridgehead atoms. The van der Waals surface area contributed by atoms with Gasteiger partial charge in [-0.3, -0.25) is 4.79 Å². The Bertz CT molecular complexity index is 876. The molecule has 3 amide bonds. The molecule has 5 N–H and O–H groups in total. The van der Waals surface area contributed by atoms with Crippen LogP contribution in [0.1, 0.15) is 32.1 Å². The molecule has 10 heteroatoms. The zero-order valence-corrected chi connectivity index (χ0v) is 17.0. The van der Waals surface area contributed by atoms with Crippen molar-refractivity contribution in [1.29, 1.82) is 0 Å². The second kappa shape index (κ2) is 8.11. The standard InChI is InChI=1S/C19H26N6O3S/c20-17(27)21-7-1-14(26)22-10-19-5-3-18(4-6-19,11-28-19)9-23-15-13-2-8-29-16(13)25-12-24-15/h2,8,12H,1,3-7,9-11H2,(H,22,26)(H3,20,21,27)(H,23,24,25). The van der Waals surface area contributed by atoms with Crippen molar-refractivity contribution < 1.29 is 14.3 Å². The van der Waals surface area contributed by atoms with Crippen LogP contribution < -0.4 is 21.7 Å². The summed E-state index contributed by atoms with van der Waals surface area (Å²) in [7, 11) is 0. The van der Waals surface area contributed by atoms with Crippen molar-refractivity contribution in [2.45, 2.75) is 37.7 Å². The van der Waals surface area contributed by atoms with Crippen LogP contribution in [0.5, 0.6) is 0 Å². The molecule has 2 aliphatic heterocycles. The molecule has 3 aliphatic rings. The van der Waals surface area contributed by atoms with E-state index >= 15 is 0 Å². The lowest BCUT2D eigenvalue weighted by molar-refractivity contribution is -0.177. The van der Waals surface area contributed by atoms with Gasteiger partial charge >= 0.3 is 6.03 Å². The third kappa shape index (κ3) is 4.43. The summed E-state index contributed by atoms with van der Waals surface area (Å²) in [5, 5.41) is 12.0. The molecule has 0 aromatic carbocycles. The van der Waals surface area contributed by atoms with Crippen LogP contribution in [0, 0.1) is 5.41 Å². The molecule has 0 spiro atoms. The number of ether oxygens (including phenoxy) is 1. The first-order valence-corrected chi connectivity index (χ1v) is 10.7. The van der Waals surface area contributed by atoms with E-state index in [9.17, 15) is 9.59 Å². The highest BCUT2D eigenvalue weighted by Crippen LogP contribution is 2.48. The van der Waals surface area contributed by atoms with Crippen molar-refractivity contribution in [3.05, 3.63) is 17.8 Å². The van der Waals surface area contributed by atoms with Gasteiger partial charge in [0.25, 0.3) is 0 Å². The third-order valence-electron chi connectivity index (χ3n) is 6.06. The number of carbonyl (C=O) groups is 2. The summed E-state index contributed by atoms with van der Waals surface area (Å²) in [5.41, 5.74) is 4.83. The van der Waals surface area contributed by atoms with Gasteiger partial charge in [0.15, 0.2) is 0 Å². The van der Waals surface area contributed by atoms with Gasteiger partial charge in [0.05, 0.1) is 17.6 Å². The average Bonchev–Trinajstić information content (AvgIpc) is 3.22. The quantitative estimate of drug-likeness (QED) is 0.515. The van der Waals surface area contributed by atoms with Crippen LogP contribution in [0.2, 0.25) is 0 Å². The molecule has 2 saturated heterocycles. The number of amides is 3. The molecule has 3 fully saturated rings.